The highest BCUT2D eigenvalue weighted by molar-refractivity contribution is 7.13. The molecule has 0 aliphatic rings. The van der Waals surface area contributed by atoms with Crippen LogP contribution in [0.25, 0.3) is 33.1 Å². The molecule has 0 amide bonds. The van der Waals surface area contributed by atoms with Crippen LogP contribution in [0.5, 0.6) is 5.75 Å². The van der Waals surface area contributed by atoms with Gasteiger partial charge in [-0.25, -0.2) is 15.0 Å². The summed E-state index contributed by atoms with van der Waals surface area (Å²) in [6.45, 7) is 0. The number of phenols is 1. The van der Waals surface area contributed by atoms with E-state index >= 15 is 0 Å². The van der Waals surface area contributed by atoms with Crippen LogP contribution in [-0.4, -0.2) is 26.2 Å². The second kappa shape index (κ2) is 7.99. The van der Waals surface area contributed by atoms with Crippen molar-refractivity contribution in [1.29, 1.82) is 0 Å². The van der Waals surface area contributed by atoms with E-state index in [4.69, 9.17) is 11.6 Å². The second-order valence-electron chi connectivity index (χ2n) is 6.98. The van der Waals surface area contributed by atoms with E-state index in [1.165, 1.54) is 23.5 Å². The Hall–Kier alpha value is -3.88. The number of halogens is 1. The number of phenolic OH excluding ortho intramolecular Hbond substituents is 1. The number of non-ortho nitro benzene ring substituents is 1. The first-order valence-electron chi connectivity index (χ1n) is 9.44. The summed E-state index contributed by atoms with van der Waals surface area (Å²) in [6, 6.07) is 16.8. The molecule has 2 aromatic heterocycles. The molecule has 0 radical (unpaired) electrons. The van der Waals surface area contributed by atoms with Crippen LogP contribution in [0, 0.1) is 10.1 Å². The number of pyridine rings is 1. The molecule has 0 bridgehead atoms. The Bertz CT molecular complexity index is 1530. The number of thiazole rings is 1. The number of aromatic hydroxyl groups is 1. The summed E-state index contributed by atoms with van der Waals surface area (Å²) < 4.78 is 0. The van der Waals surface area contributed by atoms with Gasteiger partial charge in [-0.1, -0.05) is 17.7 Å². The lowest BCUT2D eigenvalue weighted by Crippen LogP contribution is -1.90. The molecular weight excluding hydrogens is 448 g/mol. The summed E-state index contributed by atoms with van der Waals surface area (Å²) in [4.78, 5) is 24.2. The van der Waals surface area contributed by atoms with E-state index in [9.17, 15) is 15.2 Å². The number of rotatable bonds is 4. The highest BCUT2D eigenvalue weighted by Crippen LogP contribution is 2.35. The smallest absolute Gasteiger partial charge is 0.270 e. The van der Waals surface area contributed by atoms with Crippen molar-refractivity contribution < 1.29 is 10.0 Å². The number of fused-ring (bicyclic) bond motifs is 2. The van der Waals surface area contributed by atoms with Gasteiger partial charge in [0.15, 0.2) is 0 Å². The first-order chi connectivity index (χ1) is 15.5. The topological polar surface area (TPSA) is 102 Å². The average molecular weight is 461 g/mol. The number of hydrogen-bond acceptors (Lipinski definition) is 7. The molecule has 0 unspecified atom stereocenters. The van der Waals surface area contributed by atoms with Crippen molar-refractivity contribution in [1.82, 2.24) is 9.97 Å². The van der Waals surface area contributed by atoms with Gasteiger partial charge in [0.2, 0.25) is 5.13 Å². The van der Waals surface area contributed by atoms with Crippen LogP contribution in [0.4, 0.5) is 10.8 Å². The van der Waals surface area contributed by atoms with Crippen molar-refractivity contribution in [3.8, 4) is 17.0 Å². The standard InChI is InChI=1S/C23H13ClN4O3S/c24-22-17-9-14(3-7-19(17)26-20-8-4-15(28(30)31)10-18(20)22)21-12-32-23(27-21)25-11-13-1-5-16(29)6-2-13/h1-12,29H/b25-11+. The van der Waals surface area contributed by atoms with Crippen molar-refractivity contribution in [2.75, 3.05) is 0 Å². The summed E-state index contributed by atoms with van der Waals surface area (Å²) in [5.41, 5.74) is 3.69. The Morgan fingerprint density at radius 2 is 1.72 bits per heavy atom. The van der Waals surface area contributed by atoms with Gasteiger partial charge >= 0.3 is 0 Å². The zero-order valence-electron chi connectivity index (χ0n) is 16.3. The van der Waals surface area contributed by atoms with Gasteiger partial charge in [-0.15, -0.1) is 11.3 Å². The van der Waals surface area contributed by atoms with Gasteiger partial charge in [-0.3, -0.25) is 10.1 Å². The SMILES string of the molecule is O=[N+]([O-])c1ccc2nc3ccc(-c4csc(/N=C/c5ccc(O)cc5)n4)cc3c(Cl)c2c1. The zero-order chi connectivity index (χ0) is 22.2. The molecule has 0 saturated carbocycles. The number of nitro benzene ring substituents is 1. The molecule has 0 aliphatic carbocycles. The normalized spacial score (nSPS) is 11.5. The minimum Gasteiger partial charge on any atom is -0.508 e. The van der Waals surface area contributed by atoms with Crippen LogP contribution < -0.4 is 0 Å². The molecule has 7 nitrogen and oxygen atoms in total. The molecule has 0 atom stereocenters. The van der Waals surface area contributed by atoms with Crippen molar-refractivity contribution in [2.45, 2.75) is 0 Å². The highest BCUT2D eigenvalue weighted by atomic mass is 35.5. The van der Waals surface area contributed by atoms with E-state index in [0.29, 0.717) is 32.0 Å². The molecule has 0 aliphatic heterocycles. The lowest BCUT2D eigenvalue weighted by Gasteiger charge is -2.07. The Morgan fingerprint density at radius 1 is 1.00 bits per heavy atom. The molecule has 3 aromatic carbocycles. The summed E-state index contributed by atoms with van der Waals surface area (Å²) in [5, 5.41) is 24.6. The highest BCUT2D eigenvalue weighted by Gasteiger charge is 2.14. The van der Waals surface area contributed by atoms with E-state index in [1.807, 2.05) is 23.6 Å². The van der Waals surface area contributed by atoms with Gasteiger partial charge in [-0.05, 0) is 48.0 Å². The second-order valence-corrected chi connectivity index (χ2v) is 8.20. The van der Waals surface area contributed by atoms with Gasteiger partial charge in [0.1, 0.15) is 5.75 Å². The minimum atomic E-state index is -0.453. The molecule has 5 aromatic rings. The third kappa shape index (κ3) is 3.77. The lowest BCUT2D eigenvalue weighted by molar-refractivity contribution is -0.384. The number of aromatic nitrogens is 2. The fourth-order valence-electron chi connectivity index (χ4n) is 3.30. The van der Waals surface area contributed by atoms with Crippen molar-refractivity contribution in [3.63, 3.8) is 0 Å². The summed E-state index contributed by atoms with van der Waals surface area (Å²) in [6.07, 6.45) is 1.68. The molecular formula is C23H13ClN4O3S. The molecule has 0 spiro atoms. The quantitative estimate of drug-likeness (QED) is 0.142. The number of nitrogens with zero attached hydrogens (tertiary/aromatic N) is 4. The predicted octanol–water partition coefficient (Wildman–Crippen LogP) is 6.53. The van der Waals surface area contributed by atoms with Crippen molar-refractivity contribution in [3.05, 3.63) is 86.7 Å². The Morgan fingerprint density at radius 3 is 2.47 bits per heavy atom. The predicted molar refractivity (Wildman–Crippen MR) is 127 cm³/mol. The van der Waals surface area contributed by atoms with Gasteiger partial charge in [-0.2, -0.15) is 0 Å². The monoisotopic (exact) mass is 460 g/mol. The van der Waals surface area contributed by atoms with Gasteiger partial charge < -0.3 is 5.11 Å². The van der Waals surface area contributed by atoms with E-state index < -0.39 is 4.92 Å². The van der Waals surface area contributed by atoms with E-state index in [-0.39, 0.29) is 11.4 Å². The van der Waals surface area contributed by atoms with Crippen LogP contribution in [0.2, 0.25) is 5.02 Å². The maximum Gasteiger partial charge on any atom is 0.270 e. The number of benzene rings is 3. The molecule has 9 heteroatoms. The molecule has 32 heavy (non-hydrogen) atoms. The minimum absolute atomic E-state index is 0.0349. The third-order valence-corrected chi connectivity index (χ3v) is 6.06. The zero-order valence-corrected chi connectivity index (χ0v) is 17.8. The van der Waals surface area contributed by atoms with Crippen molar-refractivity contribution >= 4 is 61.8 Å². The van der Waals surface area contributed by atoms with Crippen LogP contribution in [0.15, 0.2) is 71.0 Å². The Labute approximate surface area is 190 Å². The van der Waals surface area contributed by atoms with Gasteiger partial charge in [0.05, 0.1) is 26.7 Å². The molecule has 1 N–H and O–H groups in total. The van der Waals surface area contributed by atoms with Gasteiger partial charge in [0, 0.05) is 40.1 Å². The molecule has 5 rings (SSSR count). The summed E-state index contributed by atoms with van der Waals surface area (Å²) in [7, 11) is 0. The molecule has 0 saturated heterocycles. The number of aliphatic imine (C=N–C) groups is 1. The Kier molecular flexibility index (Phi) is 5.01. The lowest BCUT2D eigenvalue weighted by atomic mass is 10.1. The molecule has 0 fully saturated rings. The van der Waals surface area contributed by atoms with Crippen molar-refractivity contribution in [2.24, 2.45) is 4.99 Å². The third-order valence-electron chi connectivity index (χ3n) is 4.91. The maximum absolute atomic E-state index is 11.1. The Balaban J connectivity index is 1.52. The van der Waals surface area contributed by atoms with Crippen LogP contribution in [0.1, 0.15) is 5.56 Å². The fourth-order valence-corrected chi connectivity index (χ4v) is 4.27. The molecule has 156 valence electrons. The fraction of sp³-hybridized carbons (Fsp3) is 0. The summed E-state index contributed by atoms with van der Waals surface area (Å²) in [5.74, 6) is 0.200. The van der Waals surface area contributed by atoms with Crippen LogP contribution in [0.3, 0.4) is 0 Å². The maximum atomic E-state index is 11.1. The van der Waals surface area contributed by atoms with E-state index in [0.717, 1.165) is 16.8 Å². The molecule has 2 heterocycles. The first-order valence-corrected chi connectivity index (χ1v) is 10.7. The van der Waals surface area contributed by atoms with Crippen LogP contribution in [-0.2, 0) is 0 Å². The number of hydrogen-bond donors (Lipinski definition) is 1. The van der Waals surface area contributed by atoms with Crippen LogP contribution >= 0.6 is 22.9 Å². The average Bonchev–Trinajstić information content (AvgIpc) is 3.27. The van der Waals surface area contributed by atoms with Gasteiger partial charge in [0.25, 0.3) is 5.69 Å². The number of nitro groups is 1. The first kappa shape index (κ1) is 20.0. The largest absolute Gasteiger partial charge is 0.508 e. The summed E-state index contributed by atoms with van der Waals surface area (Å²) >= 11 is 8.02. The van der Waals surface area contributed by atoms with E-state index in [1.54, 1.807) is 36.5 Å². The van der Waals surface area contributed by atoms with E-state index in [2.05, 4.69) is 15.0 Å².